The van der Waals surface area contributed by atoms with Crippen LogP contribution in [-0.2, 0) is 28.5 Å². The maximum Gasteiger partial charge on any atom is 0.552 e. The number of carbonyl (C=O) groups excluding carboxylic acids is 4. The maximum absolute atomic E-state index is 13.4. The smallest absolute Gasteiger partial charge is 0.508 e. The Kier molecular flexibility index (Phi) is 11.0. The summed E-state index contributed by atoms with van der Waals surface area (Å²) in [5.41, 5.74) is -0.881. The molecule has 14 heteroatoms. The fourth-order valence-electron chi connectivity index (χ4n) is 4.53. The number of aliphatic hydroxyl groups excluding tert-OH is 1. The number of carboxylic acid groups (broad SMARTS) is 1. The number of carboxylic acids is 1. The molecule has 1 aliphatic heterocycles. The standard InChI is InChI=1S/C29H37BN4O9/c1-17(2)14-22(30-42-24(37)16-29(43-30,28(40)41)15-23(36)34(4)5)32-27(39)25(18(3)35)33-26(38)21-13-9-12-20(31-21)19-10-7-6-8-11-19/h6-13,17-18,22,25,35H,14-16H2,1-5H3,(H,32,39)(H,33,38)(H,40,41)/t18-,22+,25+,29-/m1/s1. The third-order valence-corrected chi connectivity index (χ3v) is 6.83. The van der Waals surface area contributed by atoms with Gasteiger partial charge in [-0.1, -0.05) is 50.2 Å². The van der Waals surface area contributed by atoms with E-state index in [4.69, 9.17) is 9.31 Å². The first-order valence-corrected chi connectivity index (χ1v) is 13.8. The van der Waals surface area contributed by atoms with Crippen LogP contribution in [0.25, 0.3) is 11.3 Å². The van der Waals surface area contributed by atoms with Crippen LogP contribution in [0.3, 0.4) is 0 Å². The average molecular weight is 596 g/mol. The van der Waals surface area contributed by atoms with Gasteiger partial charge in [0.2, 0.25) is 11.8 Å². The zero-order chi connectivity index (χ0) is 31.9. The molecule has 230 valence electrons. The lowest BCUT2D eigenvalue weighted by Crippen LogP contribution is -2.63. The van der Waals surface area contributed by atoms with Crippen molar-refractivity contribution < 1.29 is 43.5 Å². The van der Waals surface area contributed by atoms with Gasteiger partial charge in [-0.05, 0) is 31.4 Å². The molecule has 1 aromatic heterocycles. The van der Waals surface area contributed by atoms with E-state index in [1.807, 2.05) is 44.2 Å². The third kappa shape index (κ3) is 8.61. The Morgan fingerprint density at radius 3 is 2.30 bits per heavy atom. The molecule has 1 aliphatic rings. The lowest BCUT2D eigenvalue weighted by atomic mass is 9.70. The van der Waals surface area contributed by atoms with Crippen molar-refractivity contribution in [2.45, 2.75) is 63.7 Å². The van der Waals surface area contributed by atoms with Gasteiger partial charge >= 0.3 is 13.1 Å². The summed E-state index contributed by atoms with van der Waals surface area (Å²) in [4.78, 5) is 69.4. The molecule has 13 nitrogen and oxygen atoms in total. The Morgan fingerprint density at radius 1 is 1.05 bits per heavy atom. The van der Waals surface area contributed by atoms with Crippen molar-refractivity contribution in [3.8, 4) is 11.3 Å². The molecule has 0 unspecified atom stereocenters. The van der Waals surface area contributed by atoms with Crippen molar-refractivity contribution in [3.05, 3.63) is 54.2 Å². The molecule has 43 heavy (non-hydrogen) atoms. The highest BCUT2D eigenvalue weighted by molar-refractivity contribution is 6.50. The van der Waals surface area contributed by atoms with Crippen molar-refractivity contribution in [1.82, 2.24) is 20.5 Å². The first-order valence-electron chi connectivity index (χ1n) is 13.8. The molecule has 3 rings (SSSR count). The topological polar surface area (TPSA) is 184 Å². The van der Waals surface area contributed by atoms with Crippen molar-refractivity contribution in [2.24, 2.45) is 5.92 Å². The molecule has 1 fully saturated rings. The van der Waals surface area contributed by atoms with Crippen LogP contribution < -0.4 is 10.6 Å². The Labute approximate surface area is 250 Å². The van der Waals surface area contributed by atoms with Crippen molar-refractivity contribution in [3.63, 3.8) is 0 Å². The molecule has 1 saturated heterocycles. The molecule has 0 saturated carbocycles. The highest BCUT2D eigenvalue weighted by Crippen LogP contribution is 2.30. The minimum atomic E-state index is -2.21. The van der Waals surface area contributed by atoms with Crippen LogP contribution in [0.4, 0.5) is 0 Å². The molecule has 2 heterocycles. The second-order valence-electron chi connectivity index (χ2n) is 11.1. The number of nitrogens with zero attached hydrogens (tertiary/aromatic N) is 2. The second kappa shape index (κ2) is 14.3. The lowest BCUT2D eigenvalue weighted by molar-refractivity contribution is -0.173. The number of hydrogen-bond acceptors (Lipinski definition) is 9. The molecule has 2 aromatic rings. The minimum Gasteiger partial charge on any atom is -0.508 e. The maximum atomic E-state index is 13.4. The van der Waals surface area contributed by atoms with Gasteiger partial charge in [0.05, 0.1) is 30.6 Å². The van der Waals surface area contributed by atoms with Crippen LogP contribution in [0, 0.1) is 5.92 Å². The summed E-state index contributed by atoms with van der Waals surface area (Å²) < 4.78 is 11.1. The normalized spacial score (nSPS) is 18.7. The number of carbonyl (C=O) groups is 5. The second-order valence-corrected chi connectivity index (χ2v) is 11.1. The van der Waals surface area contributed by atoms with Gasteiger partial charge in [-0.25, -0.2) is 9.78 Å². The van der Waals surface area contributed by atoms with Gasteiger partial charge in [0, 0.05) is 19.7 Å². The first kappa shape index (κ1) is 33.2. The van der Waals surface area contributed by atoms with Crippen molar-refractivity contribution in [2.75, 3.05) is 14.1 Å². The zero-order valence-corrected chi connectivity index (χ0v) is 24.8. The molecule has 4 atom stereocenters. The molecule has 0 bridgehead atoms. The van der Waals surface area contributed by atoms with E-state index in [0.29, 0.717) is 5.69 Å². The zero-order valence-electron chi connectivity index (χ0n) is 24.8. The van der Waals surface area contributed by atoms with Gasteiger partial charge in [0.25, 0.3) is 11.9 Å². The van der Waals surface area contributed by atoms with E-state index in [9.17, 15) is 34.2 Å². The quantitative estimate of drug-likeness (QED) is 0.258. The van der Waals surface area contributed by atoms with Crippen LogP contribution in [0.1, 0.15) is 50.5 Å². The van der Waals surface area contributed by atoms with Gasteiger partial charge in [-0.15, -0.1) is 0 Å². The SMILES string of the molecule is CC(C)C[C@H](NC(=O)[C@@H](NC(=O)c1cccc(-c2ccccc2)n1)[C@@H](C)O)B1OC(=O)C[C@](CC(=O)N(C)C)(C(=O)O)O1. The van der Waals surface area contributed by atoms with E-state index in [2.05, 4.69) is 15.6 Å². The van der Waals surface area contributed by atoms with E-state index >= 15 is 0 Å². The Hall–Kier alpha value is -4.30. The Balaban J connectivity index is 1.82. The number of aliphatic hydroxyl groups is 1. The summed E-state index contributed by atoms with van der Waals surface area (Å²) in [6.45, 7) is 4.96. The van der Waals surface area contributed by atoms with Gasteiger partial charge < -0.3 is 35.1 Å². The number of aromatic nitrogens is 1. The summed E-state index contributed by atoms with van der Waals surface area (Å²) in [5.74, 6) is -5.75. The van der Waals surface area contributed by atoms with Crippen LogP contribution in [0.5, 0.6) is 0 Å². The lowest BCUT2D eigenvalue weighted by Gasteiger charge is -2.39. The predicted octanol–water partition coefficient (Wildman–Crippen LogP) is 1.05. The van der Waals surface area contributed by atoms with Gasteiger partial charge in [0.1, 0.15) is 11.7 Å². The largest absolute Gasteiger partial charge is 0.552 e. The first-order chi connectivity index (χ1) is 20.2. The number of benzene rings is 1. The Bertz CT molecular complexity index is 1340. The number of amides is 3. The Morgan fingerprint density at radius 2 is 1.72 bits per heavy atom. The summed E-state index contributed by atoms with van der Waals surface area (Å²) in [6.07, 6.45) is -2.53. The number of nitrogens with one attached hydrogen (secondary N) is 2. The molecule has 0 aliphatic carbocycles. The minimum absolute atomic E-state index is 0.0138. The van der Waals surface area contributed by atoms with E-state index in [1.165, 1.54) is 32.0 Å². The molecular weight excluding hydrogens is 559 g/mol. The number of aliphatic carboxylic acids is 1. The van der Waals surface area contributed by atoms with Crippen molar-refractivity contribution in [1.29, 1.82) is 0 Å². The molecule has 3 amide bonds. The van der Waals surface area contributed by atoms with Crippen LogP contribution in [0.2, 0.25) is 0 Å². The van der Waals surface area contributed by atoms with E-state index in [0.717, 1.165) is 5.56 Å². The van der Waals surface area contributed by atoms with E-state index in [1.54, 1.807) is 12.1 Å². The fraction of sp³-hybridized carbons (Fsp3) is 0.448. The number of rotatable bonds is 12. The van der Waals surface area contributed by atoms with Crippen molar-refractivity contribution >= 4 is 36.8 Å². The molecule has 4 N–H and O–H groups in total. The summed E-state index contributed by atoms with van der Waals surface area (Å²) in [5, 5.41) is 25.6. The number of hydrogen-bond donors (Lipinski definition) is 4. The molecule has 0 radical (unpaired) electrons. The highest BCUT2D eigenvalue weighted by Gasteiger charge is 2.55. The van der Waals surface area contributed by atoms with Crippen LogP contribution in [-0.4, -0.2) is 94.7 Å². The van der Waals surface area contributed by atoms with E-state index < -0.39 is 73.3 Å². The van der Waals surface area contributed by atoms with Gasteiger partial charge in [0.15, 0.2) is 5.60 Å². The predicted molar refractivity (Wildman–Crippen MR) is 155 cm³/mol. The van der Waals surface area contributed by atoms with Gasteiger partial charge in [-0.3, -0.25) is 19.2 Å². The van der Waals surface area contributed by atoms with Gasteiger partial charge in [-0.2, -0.15) is 0 Å². The van der Waals surface area contributed by atoms with Crippen LogP contribution >= 0.6 is 0 Å². The summed E-state index contributed by atoms with van der Waals surface area (Å²) in [6, 6.07) is 12.6. The van der Waals surface area contributed by atoms with Crippen LogP contribution in [0.15, 0.2) is 48.5 Å². The third-order valence-electron chi connectivity index (χ3n) is 6.83. The molecule has 0 spiro atoms. The molecule has 1 aromatic carbocycles. The number of pyridine rings is 1. The average Bonchev–Trinajstić information content (AvgIpc) is 2.95. The summed E-state index contributed by atoms with van der Waals surface area (Å²) in [7, 11) is 1.32. The monoisotopic (exact) mass is 596 g/mol. The molecular formula is C29H37BN4O9. The fourth-order valence-corrected chi connectivity index (χ4v) is 4.53. The summed E-state index contributed by atoms with van der Waals surface area (Å²) >= 11 is 0. The van der Waals surface area contributed by atoms with E-state index in [-0.39, 0.29) is 18.0 Å². The highest BCUT2D eigenvalue weighted by atomic mass is 16.6.